The monoisotopic (exact) mass is 583 g/mol. The molecule has 0 saturated carbocycles. The summed E-state index contributed by atoms with van der Waals surface area (Å²) in [6.45, 7) is 2.59. The highest BCUT2D eigenvalue weighted by Gasteiger charge is 2.40. The van der Waals surface area contributed by atoms with Crippen molar-refractivity contribution in [2.75, 3.05) is 11.9 Å². The number of hydrogen-bond donors (Lipinski definition) is 1. The smallest absolute Gasteiger partial charge is 0.435 e. The maximum atomic E-state index is 13.2. The number of benzene rings is 1. The molecule has 38 heavy (non-hydrogen) atoms. The van der Waals surface area contributed by atoms with Crippen molar-refractivity contribution in [3.63, 3.8) is 0 Å². The molecule has 0 spiro atoms. The van der Waals surface area contributed by atoms with Gasteiger partial charge in [0.25, 0.3) is 5.91 Å². The number of aromatic nitrogens is 2. The first kappa shape index (κ1) is 29.0. The number of carbonyl (C=O) groups is 2. The Morgan fingerprint density at radius 3 is 2.26 bits per heavy atom. The second-order valence-corrected chi connectivity index (χ2v) is 8.65. The molecule has 0 aliphatic heterocycles. The standard InChI is InChI=1S/C22H16ClF6N3O5S/c1-3-35-19(34)15-16(22(27,28)29)31-20(38-15)32-17(33)10(2)36-12-4-6-13(7-5-12)37-18-14(23)8-11(9-30-18)21(24,25)26/h4-10H,3H2,1-2H3,(H,31,32,33)/t10-/m1/s1. The zero-order valence-electron chi connectivity index (χ0n) is 19.2. The molecule has 1 amide bonds. The maximum Gasteiger partial charge on any atom is 0.435 e. The largest absolute Gasteiger partial charge is 0.481 e. The van der Waals surface area contributed by atoms with E-state index in [1.165, 1.54) is 38.1 Å². The van der Waals surface area contributed by atoms with Gasteiger partial charge in [-0.1, -0.05) is 22.9 Å². The van der Waals surface area contributed by atoms with Gasteiger partial charge in [-0.05, 0) is 44.2 Å². The Hall–Kier alpha value is -3.59. The summed E-state index contributed by atoms with van der Waals surface area (Å²) in [5, 5.41) is 1.32. The number of anilines is 1. The molecule has 0 radical (unpaired) electrons. The number of thiazole rings is 1. The van der Waals surface area contributed by atoms with Gasteiger partial charge in [0.05, 0.1) is 12.2 Å². The van der Waals surface area contributed by atoms with Crippen LogP contribution < -0.4 is 14.8 Å². The number of halogens is 7. The number of hydrogen-bond acceptors (Lipinski definition) is 8. The van der Waals surface area contributed by atoms with E-state index in [9.17, 15) is 35.9 Å². The normalized spacial score (nSPS) is 12.6. The Morgan fingerprint density at radius 1 is 1.08 bits per heavy atom. The molecule has 204 valence electrons. The summed E-state index contributed by atoms with van der Waals surface area (Å²) >= 11 is 6.11. The predicted molar refractivity (Wildman–Crippen MR) is 123 cm³/mol. The van der Waals surface area contributed by atoms with Gasteiger partial charge in [-0.15, -0.1) is 0 Å². The Morgan fingerprint density at radius 2 is 1.71 bits per heavy atom. The van der Waals surface area contributed by atoms with Gasteiger partial charge in [0.2, 0.25) is 5.88 Å². The lowest BCUT2D eigenvalue weighted by molar-refractivity contribution is -0.141. The summed E-state index contributed by atoms with van der Waals surface area (Å²) in [4.78, 5) is 30.3. The quantitative estimate of drug-likeness (QED) is 0.235. The van der Waals surface area contributed by atoms with E-state index in [1.54, 1.807) is 0 Å². The fourth-order valence-corrected chi connectivity index (χ4v) is 3.81. The van der Waals surface area contributed by atoms with Crippen molar-refractivity contribution in [1.29, 1.82) is 0 Å². The zero-order valence-corrected chi connectivity index (χ0v) is 20.8. The molecule has 1 atom stereocenters. The van der Waals surface area contributed by atoms with E-state index < -0.39 is 51.6 Å². The Kier molecular flexibility index (Phi) is 8.72. The van der Waals surface area contributed by atoms with Crippen LogP contribution in [-0.4, -0.2) is 34.6 Å². The van der Waals surface area contributed by atoms with Gasteiger partial charge in [0.1, 0.15) is 21.4 Å². The number of rotatable bonds is 8. The number of amides is 1. The van der Waals surface area contributed by atoms with E-state index in [1.807, 2.05) is 0 Å². The fraction of sp³-hybridized carbons (Fsp3) is 0.273. The average molecular weight is 584 g/mol. The number of esters is 1. The minimum atomic E-state index is -4.95. The number of pyridine rings is 1. The van der Waals surface area contributed by atoms with Crippen LogP contribution in [0.3, 0.4) is 0 Å². The van der Waals surface area contributed by atoms with Gasteiger partial charge in [-0.25, -0.2) is 14.8 Å². The van der Waals surface area contributed by atoms with Crippen molar-refractivity contribution in [3.8, 4) is 17.4 Å². The van der Waals surface area contributed by atoms with Crippen LogP contribution in [0.2, 0.25) is 5.02 Å². The summed E-state index contributed by atoms with van der Waals surface area (Å²) in [5.41, 5.74) is -2.53. The van der Waals surface area contributed by atoms with Gasteiger partial charge < -0.3 is 14.2 Å². The van der Waals surface area contributed by atoms with Crippen LogP contribution in [0.5, 0.6) is 17.4 Å². The highest BCUT2D eigenvalue weighted by molar-refractivity contribution is 7.17. The molecule has 0 fully saturated rings. The summed E-state index contributed by atoms with van der Waals surface area (Å²) in [6, 6.07) is 6.11. The fourth-order valence-electron chi connectivity index (χ4n) is 2.72. The van der Waals surface area contributed by atoms with Crippen LogP contribution in [0.15, 0.2) is 36.5 Å². The van der Waals surface area contributed by atoms with E-state index in [0.29, 0.717) is 23.6 Å². The lowest BCUT2D eigenvalue weighted by Crippen LogP contribution is -2.30. The van der Waals surface area contributed by atoms with Crippen molar-refractivity contribution >= 4 is 39.9 Å². The zero-order chi connectivity index (χ0) is 28.3. The van der Waals surface area contributed by atoms with Crippen molar-refractivity contribution in [2.45, 2.75) is 32.3 Å². The third-order valence-electron chi connectivity index (χ3n) is 4.44. The number of alkyl halides is 6. The van der Waals surface area contributed by atoms with Crippen LogP contribution in [0.4, 0.5) is 31.5 Å². The minimum absolute atomic E-state index is 0.137. The third-order valence-corrected chi connectivity index (χ3v) is 5.66. The summed E-state index contributed by atoms with van der Waals surface area (Å²) in [7, 11) is 0. The first-order valence-corrected chi connectivity index (χ1v) is 11.6. The first-order valence-electron chi connectivity index (χ1n) is 10.4. The molecule has 16 heteroatoms. The average Bonchev–Trinajstić information content (AvgIpc) is 3.25. The molecule has 0 aliphatic rings. The number of nitrogens with one attached hydrogen (secondary N) is 1. The summed E-state index contributed by atoms with van der Waals surface area (Å²) in [6.07, 6.45) is -10.2. The number of nitrogens with zero attached hydrogens (tertiary/aromatic N) is 2. The third kappa shape index (κ3) is 7.25. The van der Waals surface area contributed by atoms with Crippen molar-refractivity contribution in [2.24, 2.45) is 0 Å². The molecule has 8 nitrogen and oxygen atoms in total. The van der Waals surface area contributed by atoms with E-state index in [0.717, 1.165) is 0 Å². The first-order chi connectivity index (χ1) is 17.7. The van der Waals surface area contributed by atoms with E-state index in [-0.39, 0.29) is 29.0 Å². The lowest BCUT2D eigenvalue weighted by Gasteiger charge is -2.14. The van der Waals surface area contributed by atoms with Crippen LogP contribution >= 0.6 is 22.9 Å². The van der Waals surface area contributed by atoms with Crippen molar-refractivity contribution in [1.82, 2.24) is 9.97 Å². The number of carbonyl (C=O) groups excluding carboxylic acids is 2. The van der Waals surface area contributed by atoms with Gasteiger partial charge in [0.15, 0.2) is 16.9 Å². The molecule has 1 N–H and O–H groups in total. The molecule has 1 aromatic carbocycles. The summed E-state index contributed by atoms with van der Waals surface area (Å²) in [5.74, 6) is -2.07. The highest BCUT2D eigenvalue weighted by atomic mass is 35.5. The second-order valence-electron chi connectivity index (χ2n) is 7.25. The minimum Gasteiger partial charge on any atom is -0.481 e. The van der Waals surface area contributed by atoms with Gasteiger partial charge in [-0.2, -0.15) is 26.3 Å². The van der Waals surface area contributed by atoms with Crippen LogP contribution in [0.25, 0.3) is 0 Å². The molecular formula is C22H16ClF6N3O5S. The molecule has 0 saturated heterocycles. The molecule has 2 aromatic heterocycles. The number of ether oxygens (including phenoxy) is 3. The Labute approximate surface area is 219 Å². The topological polar surface area (TPSA) is 99.6 Å². The van der Waals surface area contributed by atoms with Crippen LogP contribution in [0.1, 0.15) is 34.8 Å². The highest BCUT2D eigenvalue weighted by Crippen LogP contribution is 2.37. The van der Waals surface area contributed by atoms with Crippen LogP contribution in [-0.2, 0) is 21.9 Å². The van der Waals surface area contributed by atoms with Crippen molar-refractivity contribution in [3.05, 3.63) is 57.7 Å². The van der Waals surface area contributed by atoms with Gasteiger partial charge in [0, 0.05) is 6.20 Å². The van der Waals surface area contributed by atoms with Gasteiger partial charge in [-0.3, -0.25) is 10.1 Å². The van der Waals surface area contributed by atoms with Crippen LogP contribution in [0, 0.1) is 0 Å². The Bertz CT molecular complexity index is 1310. The molecule has 3 rings (SSSR count). The lowest BCUT2D eigenvalue weighted by atomic mass is 10.3. The Balaban J connectivity index is 1.64. The van der Waals surface area contributed by atoms with Gasteiger partial charge >= 0.3 is 18.3 Å². The molecule has 0 unspecified atom stereocenters. The second kappa shape index (κ2) is 11.4. The predicted octanol–water partition coefficient (Wildman–Crippen LogP) is 6.60. The van der Waals surface area contributed by atoms with E-state index >= 15 is 0 Å². The molecule has 0 aliphatic carbocycles. The molecule has 0 bridgehead atoms. The SMILES string of the molecule is CCOC(=O)c1sc(NC(=O)[C@@H](C)Oc2ccc(Oc3ncc(C(F)(F)F)cc3Cl)cc2)nc1C(F)(F)F. The molecule has 2 heterocycles. The van der Waals surface area contributed by atoms with E-state index in [2.05, 4.69) is 20.0 Å². The maximum absolute atomic E-state index is 13.2. The van der Waals surface area contributed by atoms with Crippen molar-refractivity contribution < 1.29 is 50.1 Å². The summed E-state index contributed by atoms with van der Waals surface area (Å²) < 4.78 is 93.3. The molecular weight excluding hydrogens is 568 g/mol. The molecule has 3 aromatic rings. The van der Waals surface area contributed by atoms with E-state index in [4.69, 9.17) is 21.1 Å².